The number of nitriles is 1. The highest BCUT2D eigenvalue weighted by molar-refractivity contribution is 6.82. The summed E-state index contributed by atoms with van der Waals surface area (Å²) in [6, 6.07) is 18.4. The van der Waals surface area contributed by atoms with Gasteiger partial charge >= 0.3 is 6.98 Å². The van der Waals surface area contributed by atoms with Gasteiger partial charge in [0, 0.05) is 5.56 Å². The molecule has 1 aliphatic rings. The Morgan fingerprint density at radius 1 is 0.926 bits per heavy atom. The van der Waals surface area contributed by atoms with E-state index < -0.39 is 0 Å². The van der Waals surface area contributed by atoms with E-state index in [4.69, 9.17) is 5.26 Å². The van der Waals surface area contributed by atoms with E-state index in [1.54, 1.807) is 0 Å². The fourth-order valence-electron chi connectivity index (χ4n) is 4.04. The van der Waals surface area contributed by atoms with Crippen LogP contribution in [0.4, 0.5) is 11.4 Å². The third-order valence-corrected chi connectivity index (χ3v) is 5.44. The Balaban J connectivity index is 1.79. The summed E-state index contributed by atoms with van der Waals surface area (Å²) in [5.74, 6) is 0. The molecule has 5 heteroatoms. The van der Waals surface area contributed by atoms with Crippen molar-refractivity contribution in [2.24, 2.45) is 0 Å². The van der Waals surface area contributed by atoms with Crippen LogP contribution in [-0.4, -0.2) is 26.1 Å². The minimum atomic E-state index is 0.142. The largest absolute Gasteiger partial charge is 0.411 e. The predicted octanol–water partition coefficient (Wildman–Crippen LogP) is 3.52. The standard InChI is InChI=1S/C22H21BN4/c1-15-7-5-8-16(2)22(15)23-26(3)20-12-19(25-14-21(20)27(23)4)18-10-6-9-17(11-18)13-24/h5-12,14H,1-4H3. The Morgan fingerprint density at radius 3 is 2.30 bits per heavy atom. The van der Waals surface area contributed by atoms with Crippen molar-refractivity contribution >= 4 is 23.8 Å². The first-order valence-corrected chi connectivity index (χ1v) is 9.03. The maximum atomic E-state index is 9.17. The maximum absolute atomic E-state index is 9.17. The normalized spacial score (nSPS) is 12.9. The Labute approximate surface area is 160 Å². The first kappa shape index (κ1) is 17.2. The van der Waals surface area contributed by atoms with Gasteiger partial charge in [0.05, 0.1) is 34.9 Å². The average Bonchev–Trinajstić information content (AvgIpc) is 2.92. The number of pyridine rings is 1. The molecule has 0 unspecified atom stereocenters. The molecule has 0 N–H and O–H groups in total. The number of rotatable bonds is 2. The Bertz CT molecular complexity index is 1050. The monoisotopic (exact) mass is 352 g/mol. The first-order chi connectivity index (χ1) is 13.0. The lowest BCUT2D eigenvalue weighted by Gasteiger charge is -2.26. The van der Waals surface area contributed by atoms with E-state index in [0.717, 1.165) is 22.6 Å². The van der Waals surface area contributed by atoms with Crippen LogP contribution in [0.2, 0.25) is 0 Å². The summed E-state index contributed by atoms with van der Waals surface area (Å²) in [5.41, 5.74) is 8.68. The highest BCUT2D eigenvalue weighted by Gasteiger charge is 2.39. The average molecular weight is 352 g/mol. The van der Waals surface area contributed by atoms with Gasteiger partial charge in [-0.15, -0.1) is 0 Å². The molecule has 1 aromatic heterocycles. The van der Waals surface area contributed by atoms with E-state index in [1.165, 1.54) is 16.6 Å². The van der Waals surface area contributed by atoms with Crippen molar-refractivity contribution in [3.8, 4) is 17.3 Å². The summed E-state index contributed by atoms with van der Waals surface area (Å²) in [6.07, 6.45) is 1.94. The van der Waals surface area contributed by atoms with Crippen molar-refractivity contribution in [2.75, 3.05) is 23.7 Å². The van der Waals surface area contributed by atoms with Gasteiger partial charge in [0.15, 0.2) is 0 Å². The highest BCUT2D eigenvalue weighted by atomic mass is 15.3. The van der Waals surface area contributed by atoms with E-state index in [1.807, 2.05) is 30.5 Å². The molecule has 0 amide bonds. The number of hydrogen-bond acceptors (Lipinski definition) is 4. The third kappa shape index (κ3) is 2.74. The van der Waals surface area contributed by atoms with Gasteiger partial charge in [-0.2, -0.15) is 5.26 Å². The lowest BCUT2D eigenvalue weighted by atomic mass is 9.62. The van der Waals surface area contributed by atoms with E-state index in [-0.39, 0.29) is 6.98 Å². The molecule has 132 valence electrons. The zero-order chi connectivity index (χ0) is 19.1. The smallest absolute Gasteiger partial charge is 0.393 e. The number of aryl methyl sites for hydroxylation is 2. The minimum absolute atomic E-state index is 0.142. The molecule has 2 aromatic carbocycles. The van der Waals surface area contributed by atoms with Crippen LogP contribution in [0.5, 0.6) is 0 Å². The van der Waals surface area contributed by atoms with E-state index in [9.17, 15) is 0 Å². The van der Waals surface area contributed by atoms with Gasteiger partial charge in [-0.05, 0) is 51.6 Å². The summed E-state index contributed by atoms with van der Waals surface area (Å²) < 4.78 is 0. The summed E-state index contributed by atoms with van der Waals surface area (Å²) in [7, 11) is 4.25. The number of hydrogen-bond donors (Lipinski definition) is 0. The highest BCUT2D eigenvalue weighted by Crippen LogP contribution is 2.38. The molecule has 0 saturated carbocycles. The van der Waals surface area contributed by atoms with Gasteiger partial charge in [0.25, 0.3) is 0 Å². The second-order valence-electron chi connectivity index (χ2n) is 7.15. The van der Waals surface area contributed by atoms with Crippen molar-refractivity contribution in [1.29, 1.82) is 5.26 Å². The summed E-state index contributed by atoms with van der Waals surface area (Å²) in [5, 5.41) is 9.17. The van der Waals surface area contributed by atoms with Gasteiger partial charge in [0.2, 0.25) is 0 Å². The zero-order valence-electron chi connectivity index (χ0n) is 16.1. The number of aromatic nitrogens is 1. The van der Waals surface area contributed by atoms with Gasteiger partial charge in [-0.3, -0.25) is 4.98 Å². The molecule has 0 fully saturated rings. The van der Waals surface area contributed by atoms with Crippen molar-refractivity contribution in [1.82, 2.24) is 4.98 Å². The van der Waals surface area contributed by atoms with Crippen LogP contribution in [0.3, 0.4) is 0 Å². The van der Waals surface area contributed by atoms with Gasteiger partial charge < -0.3 is 9.62 Å². The number of anilines is 2. The second kappa shape index (κ2) is 6.48. The first-order valence-electron chi connectivity index (χ1n) is 9.03. The van der Waals surface area contributed by atoms with Crippen molar-refractivity contribution in [2.45, 2.75) is 13.8 Å². The van der Waals surface area contributed by atoms with Crippen molar-refractivity contribution in [3.05, 3.63) is 71.4 Å². The molecule has 0 spiro atoms. The van der Waals surface area contributed by atoms with Crippen molar-refractivity contribution in [3.63, 3.8) is 0 Å². The molecule has 27 heavy (non-hydrogen) atoms. The maximum Gasteiger partial charge on any atom is 0.411 e. The second-order valence-corrected chi connectivity index (χ2v) is 7.15. The fourth-order valence-corrected chi connectivity index (χ4v) is 4.04. The lowest BCUT2D eigenvalue weighted by Crippen LogP contribution is -2.55. The number of nitrogens with zero attached hydrogens (tertiary/aromatic N) is 4. The van der Waals surface area contributed by atoms with Crippen molar-refractivity contribution < 1.29 is 0 Å². The molecule has 3 aromatic rings. The van der Waals surface area contributed by atoms with E-state index >= 15 is 0 Å². The molecule has 4 rings (SSSR count). The van der Waals surface area contributed by atoms with Gasteiger partial charge in [0.1, 0.15) is 0 Å². The van der Waals surface area contributed by atoms with Crippen LogP contribution in [0.1, 0.15) is 16.7 Å². The summed E-state index contributed by atoms with van der Waals surface area (Å²) >= 11 is 0. The molecule has 0 bridgehead atoms. The van der Waals surface area contributed by atoms with Crippen LogP contribution < -0.4 is 15.1 Å². The topological polar surface area (TPSA) is 43.2 Å². The predicted molar refractivity (Wildman–Crippen MR) is 112 cm³/mol. The molecule has 0 atom stereocenters. The van der Waals surface area contributed by atoms with Crippen LogP contribution in [0, 0.1) is 25.2 Å². The van der Waals surface area contributed by atoms with Crippen LogP contribution in [0.25, 0.3) is 11.3 Å². The molecular weight excluding hydrogens is 331 g/mol. The Kier molecular flexibility index (Phi) is 4.12. The Hall–Kier alpha value is -3.26. The Morgan fingerprint density at radius 2 is 1.59 bits per heavy atom. The van der Waals surface area contributed by atoms with Crippen LogP contribution >= 0.6 is 0 Å². The van der Waals surface area contributed by atoms with Crippen LogP contribution in [0.15, 0.2) is 54.7 Å². The summed E-state index contributed by atoms with van der Waals surface area (Å²) in [6.45, 7) is 4.48. The fraction of sp³-hybridized carbons (Fsp3) is 0.182. The van der Waals surface area contributed by atoms with E-state index in [2.05, 4.69) is 72.9 Å². The lowest BCUT2D eigenvalue weighted by molar-refractivity contribution is 1.26. The van der Waals surface area contributed by atoms with Crippen LogP contribution in [-0.2, 0) is 0 Å². The minimum Gasteiger partial charge on any atom is -0.393 e. The molecular formula is C22H21BN4. The quantitative estimate of drug-likeness (QED) is 0.662. The molecule has 0 saturated heterocycles. The number of fused-ring (bicyclic) bond motifs is 1. The van der Waals surface area contributed by atoms with Gasteiger partial charge in [-0.25, -0.2) is 0 Å². The van der Waals surface area contributed by atoms with E-state index in [0.29, 0.717) is 5.56 Å². The summed E-state index contributed by atoms with van der Waals surface area (Å²) in [4.78, 5) is 9.27. The molecule has 4 nitrogen and oxygen atoms in total. The van der Waals surface area contributed by atoms with Gasteiger partial charge in [-0.1, -0.05) is 41.5 Å². The third-order valence-electron chi connectivity index (χ3n) is 5.44. The molecule has 1 aliphatic heterocycles. The zero-order valence-corrected chi connectivity index (χ0v) is 16.1. The molecule has 0 radical (unpaired) electrons. The SMILES string of the molecule is Cc1cccc(C)c1B1N(C)c2cnc(-c3cccc(C#N)c3)cc2N1C. The molecule has 0 aliphatic carbocycles. The molecule has 2 heterocycles. The number of benzene rings is 2.